The first-order valence-corrected chi connectivity index (χ1v) is 11.2. The van der Waals surface area contributed by atoms with Crippen LogP contribution in [0.15, 0.2) is 24.3 Å². The average molecular weight is 401 g/mol. The lowest BCUT2D eigenvalue weighted by Gasteiger charge is -2.11. The standard InChI is InChI=1S/C8H18.C7H7Cl.C6H12O.2C2H6/c1-4-6-8(3)7-5-2;1-6-3-2-4-7(8)5-6;1-5(7)6(2,3)4;2*1-2/h8H,4-7H2,1-3H3;2-5H,1H3;1-4H3;2*1-2H3. The van der Waals surface area contributed by atoms with Gasteiger partial charge in [0.25, 0.3) is 0 Å². The molecule has 0 unspecified atom stereocenters. The molecule has 0 aliphatic heterocycles. The molecule has 0 aliphatic rings. The molecule has 0 heterocycles. The van der Waals surface area contributed by atoms with Gasteiger partial charge in [-0.05, 0) is 37.5 Å². The Hall–Kier alpha value is -0.820. The lowest BCUT2D eigenvalue weighted by Crippen LogP contribution is -2.15. The van der Waals surface area contributed by atoms with Crippen LogP contribution in [0.1, 0.15) is 107 Å². The summed E-state index contributed by atoms with van der Waals surface area (Å²) in [5, 5.41) is 0.810. The Morgan fingerprint density at radius 1 is 1.00 bits per heavy atom. The van der Waals surface area contributed by atoms with E-state index in [1.807, 2.05) is 79.7 Å². The zero-order valence-corrected chi connectivity index (χ0v) is 21.3. The number of carbonyl (C=O) groups excluding carboxylic acids is 1. The minimum atomic E-state index is -0.139. The van der Waals surface area contributed by atoms with Crippen molar-refractivity contribution in [3.8, 4) is 0 Å². The molecule has 0 atom stereocenters. The van der Waals surface area contributed by atoms with Crippen molar-refractivity contribution in [2.45, 2.75) is 109 Å². The van der Waals surface area contributed by atoms with Gasteiger partial charge in [0.15, 0.2) is 0 Å². The van der Waals surface area contributed by atoms with Crippen LogP contribution < -0.4 is 0 Å². The van der Waals surface area contributed by atoms with Crippen molar-refractivity contribution in [3.63, 3.8) is 0 Å². The van der Waals surface area contributed by atoms with E-state index in [-0.39, 0.29) is 11.2 Å². The summed E-state index contributed by atoms with van der Waals surface area (Å²) in [5.74, 6) is 1.21. The topological polar surface area (TPSA) is 17.1 Å². The molecule has 1 nitrogen and oxygen atoms in total. The van der Waals surface area contributed by atoms with Gasteiger partial charge in [-0.15, -0.1) is 0 Å². The molecule has 1 aromatic rings. The molecule has 2 heteroatoms. The third kappa shape index (κ3) is 30.2. The fourth-order valence-electron chi connectivity index (χ4n) is 1.74. The highest BCUT2D eigenvalue weighted by molar-refractivity contribution is 6.30. The van der Waals surface area contributed by atoms with Crippen molar-refractivity contribution >= 4 is 17.4 Å². The van der Waals surface area contributed by atoms with Crippen LogP contribution in [0.25, 0.3) is 0 Å². The highest BCUT2D eigenvalue weighted by Crippen LogP contribution is 2.12. The predicted octanol–water partition coefficient (Wildman–Crippen LogP) is 9.55. The predicted molar refractivity (Wildman–Crippen MR) is 128 cm³/mol. The summed E-state index contributed by atoms with van der Waals surface area (Å²) < 4.78 is 0. The summed E-state index contributed by atoms with van der Waals surface area (Å²) in [7, 11) is 0. The van der Waals surface area contributed by atoms with Gasteiger partial charge in [0, 0.05) is 10.4 Å². The first kappa shape index (κ1) is 33.7. The molecule has 27 heavy (non-hydrogen) atoms. The molecule has 0 aromatic heterocycles. The van der Waals surface area contributed by atoms with Gasteiger partial charge >= 0.3 is 0 Å². The van der Waals surface area contributed by atoms with Crippen molar-refractivity contribution in [1.82, 2.24) is 0 Å². The van der Waals surface area contributed by atoms with E-state index in [0.29, 0.717) is 0 Å². The largest absolute Gasteiger partial charge is 0.299 e. The summed E-state index contributed by atoms with van der Waals surface area (Å²) >= 11 is 5.64. The normalized spacial score (nSPS) is 9.26. The van der Waals surface area contributed by atoms with Crippen molar-refractivity contribution in [2.75, 3.05) is 0 Å². The van der Waals surface area contributed by atoms with Crippen LogP contribution in [0.2, 0.25) is 5.02 Å². The van der Waals surface area contributed by atoms with Gasteiger partial charge in [0.1, 0.15) is 5.78 Å². The van der Waals surface area contributed by atoms with Crippen LogP contribution in [-0.4, -0.2) is 5.78 Å². The Morgan fingerprint density at radius 3 is 1.56 bits per heavy atom. The average Bonchev–Trinajstić information content (AvgIpc) is 2.59. The number of hydrogen-bond donors (Lipinski definition) is 0. The van der Waals surface area contributed by atoms with E-state index in [0.717, 1.165) is 10.9 Å². The van der Waals surface area contributed by atoms with Crippen molar-refractivity contribution in [1.29, 1.82) is 0 Å². The molecule has 0 N–H and O–H groups in total. The van der Waals surface area contributed by atoms with Crippen LogP contribution in [-0.2, 0) is 4.79 Å². The van der Waals surface area contributed by atoms with E-state index in [2.05, 4.69) is 20.8 Å². The van der Waals surface area contributed by atoms with Gasteiger partial charge in [-0.2, -0.15) is 0 Å². The molecule has 162 valence electrons. The molecule has 0 fully saturated rings. The third-order valence-electron chi connectivity index (χ3n) is 3.60. The fourth-order valence-corrected chi connectivity index (χ4v) is 1.98. The minimum absolute atomic E-state index is 0.139. The van der Waals surface area contributed by atoms with Crippen LogP contribution >= 0.6 is 11.6 Å². The first-order chi connectivity index (χ1) is 12.5. The van der Waals surface area contributed by atoms with Crippen LogP contribution in [0.5, 0.6) is 0 Å². The number of hydrogen-bond acceptors (Lipinski definition) is 1. The maximum atomic E-state index is 10.5. The summed E-state index contributed by atoms with van der Waals surface area (Å²) in [4.78, 5) is 10.5. The van der Waals surface area contributed by atoms with Crippen molar-refractivity contribution in [2.24, 2.45) is 11.3 Å². The lowest BCUT2D eigenvalue weighted by atomic mass is 9.92. The molecule has 1 rings (SSSR count). The van der Waals surface area contributed by atoms with E-state index in [1.165, 1.54) is 31.2 Å². The van der Waals surface area contributed by atoms with Crippen LogP contribution in [0.4, 0.5) is 0 Å². The smallest absolute Gasteiger partial charge is 0.135 e. The number of halogens is 1. The number of Topliss-reactive ketones (excluding diaryl/α,β-unsaturated/α-hetero) is 1. The summed E-state index contributed by atoms with van der Waals surface area (Å²) in [5.41, 5.74) is 1.07. The van der Waals surface area contributed by atoms with Gasteiger partial charge in [0.2, 0.25) is 0 Å². The highest BCUT2D eigenvalue weighted by Gasteiger charge is 2.14. The molecule has 0 amide bonds. The van der Waals surface area contributed by atoms with Gasteiger partial charge in [-0.25, -0.2) is 0 Å². The zero-order chi connectivity index (χ0) is 22.5. The van der Waals surface area contributed by atoms with E-state index >= 15 is 0 Å². The fraction of sp³-hybridized carbons (Fsp3) is 0.720. The van der Waals surface area contributed by atoms with Gasteiger partial charge in [-0.3, -0.25) is 4.79 Å². The number of benzene rings is 1. The first-order valence-electron chi connectivity index (χ1n) is 10.8. The SMILES string of the molecule is CC.CC.CC(=O)C(C)(C)C.CCCC(C)CCC.Cc1cccc(Cl)c1. The minimum Gasteiger partial charge on any atom is -0.299 e. The molecular formula is C25H49ClO. The number of ketones is 1. The molecule has 0 radical (unpaired) electrons. The molecule has 0 saturated carbocycles. The van der Waals surface area contributed by atoms with E-state index in [4.69, 9.17) is 11.6 Å². The Kier molecular flexibility index (Phi) is 29.0. The molecule has 0 spiro atoms. The summed E-state index contributed by atoms with van der Waals surface area (Å²) in [6.45, 7) is 24.2. The number of carbonyl (C=O) groups is 1. The maximum absolute atomic E-state index is 10.5. The molecule has 1 aromatic carbocycles. The maximum Gasteiger partial charge on any atom is 0.135 e. The van der Waals surface area contributed by atoms with Gasteiger partial charge in [0.05, 0.1) is 0 Å². The molecule has 0 saturated heterocycles. The Labute approximate surface area is 177 Å². The molecule has 0 bridgehead atoms. The van der Waals surface area contributed by atoms with Crippen LogP contribution in [0.3, 0.4) is 0 Å². The quantitative estimate of drug-likeness (QED) is 0.491. The second-order valence-electron chi connectivity index (χ2n) is 7.29. The summed E-state index contributed by atoms with van der Waals surface area (Å²) in [6, 6.07) is 7.76. The van der Waals surface area contributed by atoms with Gasteiger partial charge in [-0.1, -0.05) is 119 Å². The van der Waals surface area contributed by atoms with E-state index in [1.54, 1.807) is 6.92 Å². The third-order valence-corrected chi connectivity index (χ3v) is 3.83. The highest BCUT2D eigenvalue weighted by atomic mass is 35.5. The zero-order valence-electron chi connectivity index (χ0n) is 20.5. The second kappa shape index (κ2) is 23.2. The molecule has 0 aliphatic carbocycles. The Bertz CT molecular complexity index is 395. The Morgan fingerprint density at radius 2 is 1.37 bits per heavy atom. The summed E-state index contributed by atoms with van der Waals surface area (Å²) in [6.07, 6.45) is 5.52. The molecular weight excluding hydrogens is 352 g/mol. The van der Waals surface area contributed by atoms with Gasteiger partial charge < -0.3 is 0 Å². The van der Waals surface area contributed by atoms with Crippen molar-refractivity contribution in [3.05, 3.63) is 34.9 Å². The monoisotopic (exact) mass is 400 g/mol. The Balaban J connectivity index is -0.000000134. The number of rotatable bonds is 4. The lowest BCUT2D eigenvalue weighted by molar-refractivity contribution is -0.124. The second-order valence-corrected chi connectivity index (χ2v) is 7.72. The van der Waals surface area contributed by atoms with E-state index < -0.39 is 0 Å². The van der Waals surface area contributed by atoms with Crippen molar-refractivity contribution < 1.29 is 4.79 Å². The number of aryl methyl sites for hydroxylation is 1. The van der Waals surface area contributed by atoms with E-state index in [9.17, 15) is 4.79 Å². The van der Waals surface area contributed by atoms with Crippen LogP contribution in [0, 0.1) is 18.3 Å².